The second-order valence-electron chi connectivity index (χ2n) is 5.70. The van der Waals surface area contributed by atoms with Crippen LogP contribution < -0.4 is 14.8 Å². The molecule has 0 radical (unpaired) electrons. The first-order chi connectivity index (χ1) is 13.2. The molecule has 0 saturated carbocycles. The van der Waals surface area contributed by atoms with Crippen molar-refractivity contribution in [2.24, 2.45) is 0 Å². The number of alkyl halides is 3. The summed E-state index contributed by atoms with van der Waals surface area (Å²) in [6.07, 6.45) is -4.62. The summed E-state index contributed by atoms with van der Waals surface area (Å²) < 4.78 is 53.8. The molecule has 9 heteroatoms. The molecule has 0 fully saturated rings. The number of carbonyl (C=O) groups is 2. The Morgan fingerprint density at radius 2 is 1.75 bits per heavy atom. The Kier molecular flexibility index (Phi) is 6.86. The molecule has 2 aromatic rings. The number of carbonyl (C=O) groups excluding carboxylic acids is 2. The molecule has 0 heterocycles. The van der Waals surface area contributed by atoms with E-state index in [0.717, 1.165) is 17.7 Å². The average molecular weight is 397 g/mol. The molecule has 0 aliphatic rings. The molecule has 150 valence electrons. The molecule has 28 heavy (non-hydrogen) atoms. The van der Waals surface area contributed by atoms with Gasteiger partial charge in [-0.3, -0.25) is 4.79 Å². The standard InChI is InChI=1S/C19H18F3NO5/c1-12-7-8-15(16(9-12)26-2)27-11-18(25)28-10-17(24)23-14-6-4-3-5-13(14)19(20,21)22/h3-9H,10-11H2,1-2H3,(H,23,24). The molecule has 1 N–H and O–H groups in total. The minimum absolute atomic E-state index is 0.314. The molecule has 0 atom stereocenters. The fourth-order valence-corrected chi connectivity index (χ4v) is 2.24. The topological polar surface area (TPSA) is 73.9 Å². The van der Waals surface area contributed by atoms with E-state index < -0.39 is 42.5 Å². The van der Waals surface area contributed by atoms with Crippen LogP contribution in [-0.2, 0) is 20.5 Å². The summed E-state index contributed by atoms with van der Waals surface area (Å²) in [6, 6.07) is 9.58. The zero-order valence-electron chi connectivity index (χ0n) is 15.1. The summed E-state index contributed by atoms with van der Waals surface area (Å²) in [6.45, 7) is 0.612. The monoisotopic (exact) mass is 397 g/mol. The van der Waals surface area contributed by atoms with Crippen molar-refractivity contribution in [3.8, 4) is 11.5 Å². The Bertz CT molecular complexity index is 852. The minimum atomic E-state index is -4.62. The second-order valence-corrected chi connectivity index (χ2v) is 5.70. The highest BCUT2D eigenvalue weighted by Crippen LogP contribution is 2.34. The fourth-order valence-electron chi connectivity index (χ4n) is 2.24. The molecule has 1 amide bonds. The summed E-state index contributed by atoms with van der Waals surface area (Å²) >= 11 is 0. The van der Waals surface area contributed by atoms with E-state index in [1.165, 1.54) is 19.2 Å². The number of aryl methyl sites for hydroxylation is 1. The lowest BCUT2D eigenvalue weighted by molar-refractivity contribution is -0.149. The fraction of sp³-hybridized carbons (Fsp3) is 0.263. The third-order valence-electron chi connectivity index (χ3n) is 3.54. The number of hydrogen-bond donors (Lipinski definition) is 1. The Hall–Kier alpha value is -3.23. The van der Waals surface area contributed by atoms with Crippen molar-refractivity contribution in [2.45, 2.75) is 13.1 Å². The van der Waals surface area contributed by atoms with Crippen molar-refractivity contribution in [1.29, 1.82) is 0 Å². The largest absolute Gasteiger partial charge is 0.493 e. The maximum Gasteiger partial charge on any atom is 0.418 e. The van der Waals surface area contributed by atoms with E-state index in [-0.39, 0.29) is 0 Å². The van der Waals surface area contributed by atoms with Gasteiger partial charge in [0.25, 0.3) is 5.91 Å². The zero-order chi connectivity index (χ0) is 20.7. The van der Waals surface area contributed by atoms with Crippen molar-refractivity contribution in [1.82, 2.24) is 0 Å². The van der Waals surface area contributed by atoms with Gasteiger partial charge in [-0.15, -0.1) is 0 Å². The van der Waals surface area contributed by atoms with Gasteiger partial charge in [-0.25, -0.2) is 4.79 Å². The third kappa shape index (κ3) is 5.90. The highest BCUT2D eigenvalue weighted by molar-refractivity contribution is 5.93. The smallest absolute Gasteiger partial charge is 0.418 e. The Balaban J connectivity index is 1.86. The number of para-hydroxylation sites is 1. The van der Waals surface area contributed by atoms with Crippen LogP contribution in [0.25, 0.3) is 0 Å². The van der Waals surface area contributed by atoms with Gasteiger partial charge in [0.1, 0.15) is 0 Å². The lowest BCUT2D eigenvalue weighted by Crippen LogP contribution is -2.24. The van der Waals surface area contributed by atoms with Crippen LogP contribution in [0.1, 0.15) is 11.1 Å². The second kappa shape index (κ2) is 9.12. The van der Waals surface area contributed by atoms with Crippen molar-refractivity contribution in [3.05, 3.63) is 53.6 Å². The van der Waals surface area contributed by atoms with E-state index in [1.807, 2.05) is 6.92 Å². The van der Waals surface area contributed by atoms with Crippen LogP contribution in [0.3, 0.4) is 0 Å². The van der Waals surface area contributed by atoms with E-state index in [1.54, 1.807) is 18.2 Å². The van der Waals surface area contributed by atoms with Crippen molar-refractivity contribution < 1.29 is 37.0 Å². The molecule has 0 aliphatic carbocycles. The molecule has 0 aliphatic heterocycles. The first kappa shape index (κ1) is 21.1. The van der Waals surface area contributed by atoms with Crippen LogP contribution in [0.5, 0.6) is 11.5 Å². The van der Waals surface area contributed by atoms with Crippen molar-refractivity contribution >= 4 is 17.6 Å². The van der Waals surface area contributed by atoms with E-state index in [0.29, 0.717) is 11.5 Å². The van der Waals surface area contributed by atoms with Gasteiger partial charge >= 0.3 is 12.1 Å². The molecule has 0 unspecified atom stereocenters. The van der Waals surface area contributed by atoms with Gasteiger partial charge in [-0.2, -0.15) is 13.2 Å². The normalized spacial score (nSPS) is 10.9. The SMILES string of the molecule is COc1cc(C)ccc1OCC(=O)OCC(=O)Nc1ccccc1C(F)(F)F. The van der Waals surface area contributed by atoms with Crippen LogP contribution in [-0.4, -0.2) is 32.2 Å². The first-order valence-electron chi connectivity index (χ1n) is 8.10. The van der Waals surface area contributed by atoms with Gasteiger partial charge in [0.15, 0.2) is 24.7 Å². The molecule has 2 aromatic carbocycles. The lowest BCUT2D eigenvalue weighted by atomic mass is 10.1. The zero-order valence-corrected chi connectivity index (χ0v) is 15.1. The van der Waals surface area contributed by atoms with E-state index in [2.05, 4.69) is 5.32 Å². The molecular weight excluding hydrogens is 379 g/mol. The summed E-state index contributed by atoms with van der Waals surface area (Å²) in [5.74, 6) is -1.03. The Morgan fingerprint density at radius 1 is 1.04 bits per heavy atom. The molecule has 6 nitrogen and oxygen atoms in total. The number of nitrogens with one attached hydrogen (secondary N) is 1. The summed E-state index contributed by atoms with van der Waals surface area (Å²) in [5, 5.41) is 2.07. The predicted molar refractivity (Wildman–Crippen MR) is 94.3 cm³/mol. The number of hydrogen-bond acceptors (Lipinski definition) is 5. The number of anilines is 1. The maximum atomic E-state index is 12.9. The number of benzene rings is 2. The third-order valence-corrected chi connectivity index (χ3v) is 3.54. The predicted octanol–water partition coefficient (Wildman–Crippen LogP) is 3.58. The molecule has 0 saturated heterocycles. The van der Waals surface area contributed by atoms with Crippen LogP contribution in [0, 0.1) is 6.92 Å². The van der Waals surface area contributed by atoms with Crippen LogP contribution in [0.4, 0.5) is 18.9 Å². The Labute approximate surface area is 159 Å². The van der Waals surface area contributed by atoms with E-state index in [9.17, 15) is 22.8 Å². The van der Waals surface area contributed by atoms with Gasteiger partial charge in [0, 0.05) is 0 Å². The number of amides is 1. The van der Waals surface area contributed by atoms with Crippen molar-refractivity contribution in [3.63, 3.8) is 0 Å². The lowest BCUT2D eigenvalue weighted by Gasteiger charge is -2.14. The van der Waals surface area contributed by atoms with Crippen LogP contribution in [0.15, 0.2) is 42.5 Å². The van der Waals surface area contributed by atoms with E-state index >= 15 is 0 Å². The molecule has 0 spiro atoms. The Morgan fingerprint density at radius 3 is 2.43 bits per heavy atom. The molecular formula is C19H18F3NO5. The van der Waals surface area contributed by atoms with Gasteiger partial charge in [0.2, 0.25) is 0 Å². The number of methoxy groups -OCH3 is 1. The molecule has 0 bridgehead atoms. The molecule has 0 aromatic heterocycles. The van der Waals surface area contributed by atoms with Crippen LogP contribution >= 0.6 is 0 Å². The number of halogens is 3. The average Bonchev–Trinajstić information content (AvgIpc) is 2.64. The number of esters is 1. The first-order valence-corrected chi connectivity index (χ1v) is 8.10. The van der Waals surface area contributed by atoms with Gasteiger partial charge in [-0.05, 0) is 36.8 Å². The molecule has 2 rings (SSSR count). The van der Waals surface area contributed by atoms with Crippen LogP contribution in [0.2, 0.25) is 0 Å². The van der Waals surface area contributed by atoms with E-state index in [4.69, 9.17) is 14.2 Å². The summed E-state index contributed by atoms with van der Waals surface area (Å²) in [4.78, 5) is 23.5. The minimum Gasteiger partial charge on any atom is -0.493 e. The number of ether oxygens (including phenoxy) is 3. The highest BCUT2D eigenvalue weighted by atomic mass is 19.4. The van der Waals surface area contributed by atoms with Crippen molar-refractivity contribution in [2.75, 3.05) is 25.6 Å². The van der Waals surface area contributed by atoms with Gasteiger partial charge < -0.3 is 19.5 Å². The van der Waals surface area contributed by atoms with Gasteiger partial charge in [-0.1, -0.05) is 18.2 Å². The summed E-state index contributed by atoms with van der Waals surface area (Å²) in [7, 11) is 1.45. The maximum absolute atomic E-state index is 12.9. The summed E-state index contributed by atoms with van der Waals surface area (Å²) in [5.41, 5.74) is -0.483. The number of rotatable bonds is 7. The highest BCUT2D eigenvalue weighted by Gasteiger charge is 2.33. The quantitative estimate of drug-likeness (QED) is 0.723. The van der Waals surface area contributed by atoms with Gasteiger partial charge in [0.05, 0.1) is 18.4 Å².